The lowest BCUT2D eigenvalue weighted by molar-refractivity contribution is 0.101. The van der Waals surface area contributed by atoms with Crippen LogP contribution in [0, 0.1) is 0 Å². The summed E-state index contributed by atoms with van der Waals surface area (Å²) in [6.07, 6.45) is 1.43. The monoisotopic (exact) mass is 353 g/mol. The van der Waals surface area contributed by atoms with Crippen molar-refractivity contribution in [3.8, 4) is 0 Å². The average Bonchev–Trinajstić information content (AvgIpc) is 3.09. The highest BCUT2D eigenvalue weighted by Crippen LogP contribution is 2.38. The number of amides is 1. The number of nitrogens with one attached hydrogen (secondary N) is 2. The number of hydrogen-bond acceptors (Lipinski definition) is 5. The number of nitrogens with zero attached hydrogens (tertiary/aromatic N) is 3. The number of aromatic amines is 1. The number of rotatable bonds is 2. The maximum atomic E-state index is 12.5. The highest BCUT2D eigenvalue weighted by Gasteiger charge is 2.25. The molecule has 0 saturated carbocycles. The van der Waals surface area contributed by atoms with E-state index in [1.54, 1.807) is 0 Å². The summed E-state index contributed by atoms with van der Waals surface area (Å²) in [5.41, 5.74) is 4.64. The van der Waals surface area contributed by atoms with Crippen molar-refractivity contribution in [2.45, 2.75) is 6.92 Å². The number of anilines is 2. The van der Waals surface area contributed by atoms with Gasteiger partial charge in [0.1, 0.15) is 5.69 Å². The van der Waals surface area contributed by atoms with E-state index in [9.17, 15) is 14.4 Å². The summed E-state index contributed by atoms with van der Waals surface area (Å²) in [4.78, 5) is 40.0. The van der Waals surface area contributed by atoms with Gasteiger partial charge in [0.15, 0.2) is 11.6 Å². The predicted molar refractivity (Wildman–Crippen MR) is 99.6 cm³/mol. The van der Waals surface area contributed by atoms with E-state index in [1.807, 2.05) is 48.2 Å². The quantitative estimate of drug-likeness (QED) is 0.632. The minimum atomic E-state index is -0.646. The summed E-state index contributed by atoms with van der Waals surface area (Å²) in [7, 11) is 5.19. The van der Waals surface area contributed by atoms with Crippen LogP contribution in [0.1, 0.15) is 23.0 Å². The number of aromatic nitrogens is 2. The first kappa shape index (κ1) is 17.3. The zero-order chi connectivity index (χ0) is 19.0. The highest BCUT2D eigenvalue weighted by atomic mass is 16.2. The molecule has 0 unspecified atom stereocenters. The van der Waals surface area contributed by atoms with Crippen molar-refractivity contribution < 1.29 is 9.59 Å². The number of carbonyl (C=O) groups is 2. The fraction of sp³-hybridized carbons (Fsp3) is 0.222. The Bertz CT molecular complexity index is 993. The lowest BCUT2D eigenvalue weighted by Gasteiger charge is -2.15. The molecular weight excluding hydrogens is 334 g/mol. The molecule has 0 atom stereocenters. The number of fused-ring (bicyclic) bond motifs is 1. The average molecular weight is 353 g/mol. The second-order valence-corrected chi connectivity index (χ2v) is 5.87. The topological polar surface area (TPSA) is 90.4 Å². The van der Waals surface area contributed by atoms with Crippen LogP contribution in [0.25, 0.3) is 6.08 Å². The van der Waals surface area contributed by atoms with Crippen LogP contribution in [0.3, 0.4) is 0 Å². The highest BCUT2D eigenvalue weighted by molar-refractivity contribution is 5.96. The maximum absolute atomic E-state index is 12.5. The van der Waals surface area contributed by atoms with Gasteiger partial charge in [-0.3, -0.25) is 14.7 Å². The molecule has 2 heterocycles. The van der Waals surface area contributed by atoms with Gasteiger partial charge in [0.2, 0.25) is 0 Å². The standard InChI is InChI=1S/C18H19N5O3/c1-11(24)16-12(17(25)23(20-16)18(26)19-2)9-10-15-21(3)13-7-5-6-8-14(13)22(15)4/h5-9,20H,1-4H3,(H,19,26). The van der Waals surface area contributed by atoms with Crippen LogP contribution in [0.5, 0.6) is 0 Å². The number of H-pyrrole nitrogens is 1. The SMILES string of the molecule is CNC(=O)n1[nH]c(C(C)=O)c(C=C=C2N(C)c3ccccc3N2C)c1=O. The maximum Gasteiger partial charge on any atom is 0.343 e. The van der Waals surface area contributed by atoms with Gasteiger partial charge in [-0.15, -0.1) is 0 Å². The van der Waals surface area contributed by atoms with Crippen molar-refractivity contribution in [1.82, 2.24) is 15.1 Å². The molecule has 1 aliphatic heterocycles. The van der Waals surface area contributed by atoms with Crippen LogP contribution in [0.4, 0.5) is 16.2 Å². The fourth-order valence-corrected chi connectivity index (χ4v) is 2.92. The fourth-order valence-electron chi connectivity index (χ4n) is 2.92. The Morgan fingerprint density at radius 2 is 1.73 bits per heavy atom. The van der Waals surface area contributed by atoms with E-state index >= 15 is 0 Å². The molecule has 134 valence electrons. The molecule has 8 nitrogen and oxygen atoms in total. The number of carbonyl (C=O) groups excluding carboxylic acids is 2. The molecule has 1 aliphatic rings. The van der Waals surface area contributed by atoms with Gasteiger partial charge in [0.25, 0.3) is 5.56 Å². The predicted octanol–water partition coefficient (Wildman–Crippen LogP) is 1.61. The third kappa shape index (κ3) is 2.62. The van der Waals surface area contributed by atoms with Gasteiger partial charge in [-0.2, -0.15) is 4.68 Å². The van der Waals surface area contributed by atoms with Gasteiger partial charge < -0.3 is 15.1 Å². The van der Waals surface area contributed by atoms with Crippen LogP contribution >= 0.6 is 0 Å². The van der Waals surface area contributed by atoms with Crippen LogP contribution < -0.4 is 20.7 Å². The molecule has 1 aromatic heterocycles. The Kier molecular flexibility index (Phi) is 4.28. The summed E-state index contributed by atoms with van der Waals surface area (Å²) < 4.78 is 0.770. The molecule has 26 heavy (non-hydrogen) atoms. The molecule has 0 spiro atoms. The molecule has 3 rings (SSSR count). The second-order valence-electron chi connectivity index (χ2n) is 5.87. The van der Waals surface area contributed by atoms with Crippen molar-refractivity contribution in [1.29, 1.82) is 0 Å². The van der Waals surface area contributed by atoms with Crippen molar-refractivity contribution in [3.05, 3.63) is 57.4 Å². The summed E-state index contributed by atoms with van der Waals surface area (Å²) in [5, 5.41) is 4.90. The lowest BCUT2D eigenvalue weighted by Crippen LogP contribution is -2.33. The van der Waals surface area contributed by atoms with Crippen LogP contribution in [0.15, 0.2) is 40.6 Å². The third-order valence-corrected chi connectivity index (χ3v) is 4.28. The van der Waals surface area contributed by atoms with Gasteiger partial charge >= 0.3 is 6.03 Å². The van der Waals surface area contributed by atoms with Gasteiger partial charge in [0, 0.05) is 28.1 Å². The Labute approximate surface area is 150 Å². The van der Waals surface area contributed by atoms with Crippen LogP contribution in [0.2, 0.25) is 0 Å². The largest absolute Gasteiger partial charge is 0.343 e. The van der Waals surface area contributed by atoms with Crippen molar-refractivity contribution >= 4 is 29.3 Å². The minimum absolute atomic E-state index is 0.0625. The van der Waals surface area contributed by atoms with Crippen molar-refractivity contribution in [3.63, 3.8) is 0 Å². The van der Waals surface area contributed by atoms with E-state index in [2.05, 4.69) is 16.1 Å². The van der Waals surface area contributed by atoms with E-state index in [-0.39, 0.29) is 17.0 Å². The van der Waals surface area contributed by atoms with Gasteiger partial charge in [-0.25, -0.2) is 4.79 Å². The number of Topliss-reactive ketones (excluding diaryl/α,β-unsaturated/α-hetero) is 1. The van der Waals surface area contributed by atoms with Crippen LogP contribution in [-0.2, 0) is 0 Å². The van der Waals surface area contributed by atoms with Crippen LogP contribution in [-0.4, -0.2) is 42.7 Å². The molecule has 8 heteroatoms. The summed E-state index contributed by atoms with van der Waals surface area (Å²) in [5.74, 6) is 0.368. The molecule has 0 saturated heterocycles. The summed E-state index contributed by atoms with van der Waals surface area (Å²) in [6.45, 7) is 1.33. The number of ketones is 1. The molecule has 2 N–H and O–H groups in total. The zero-order valence-corrected chi connectivity index (χ0v) is 15.0. The van der Waals surface area contributed by atoms with Gasteiger partial charge in [0.05, 0.1) is 16.9 Å². The Balaban J connectivity index is 2.13. The molecule has 1 amide bonds. The second kappa shape index (κ2) is 6.42. The number of benzene rings is 1. The Hall–Kier alpha value is -3.51. The summed E-state index contributed by atoms with van der Waals surface area (Å²) in [6, 6.07) is 7.20. The number of para-hydroxylation sites is 2. The van der Waals surface area contributed by atoms with E-state index in [4.69, 9.17) is 0 Å². The first-order chi connectivity index (χ1) is 12.4. The summed E-state index contributed by atoms with van der Waals surface area (Å²) >= 11 is 0. The number of hydrogen-bond donors (Lipinski definition) is 2. The minimum Gasteiger partial charge on any atom is -0.339 e. The van der Waals surface area contributed by atoms with E-state index in [0.29, 0.717) is 5.82 Å². The first-order valence-electron chi connectivity index (χ1n) is 7.98. The smallest absolute Gasteiger partial charge is 0.339 e. The molecule has 2 aromatic rings. The van der Waals surface area contributed by atoms with E-state index in [0.717, 1.165) is 16.1 Å². The molecule has 0 aliphatic carbocycles. The lowest BCUT2D eigenvalue weighted by atomic mass is 10.2. The molecule has 0 bridgehead atoms. The van der Waals surface area contributed by atoms with E-state index in [1.165, 1.54) is 20.0 Å². The Morgan fingerprint density at radius 3 is 2.23 bits per heavy atom. The van der Waals surface area contributed by atoms with Gasteiger partial charge in [-0.1, -0.05) is 17.9 Å². The first-order valence-corrected chi connectivity index (χ1v) is 7.98. The van der Waals surface area contributed by atoms with Gasteiger partial charge in [-0.05, 0) is 18.2 Å². The zero-order valence-electron chi connectivity index (χ0n) is 15.0. The molecular formula is C18H19N5O3. The molecule has 0 fully saturated rings. The normalized spacial score (nSPS) is 12.7. The van der Waals surface area contributed by atoms with Crippen molar-refractivity contribution in [2.24, 2.45) is 0 Å². The van der Waals surface area contributed by atoms with Crippen molar-refractivity contribution in [2.75, 3.05) is 30.9 Å². The Morgan fingerprint density at radius 1 is 1.15 bits per heavy atom. The third-order valence-electron chi connectivity index (χ3n) is 4.28. The molecule has 1 aromatic carbocycles. The van der Waals surface area contributed by atoms with E-state index < -0.39 is 11.6 Å². The molecule has 0 radical (unpaired) electrons.